The van der Waals surface area contributed by atoms with Crippen LogP contribution in [-0.2, 0) is 9.84 Å². The molecule has 1 fully saturated rings. The molecule has 0 heterocycles. The molecule has 2 N–H and O–H groups in total. The van der Waals surface area contributed by atoms with E-state index in [0.29, 0.717) is 12.8 Å². The Labute approximate surface area is 81.7 Å². The quantitative estimate of drug-likeness (QED) is 0.757. The number of hydrogen-bond acceptors (Lipinski definition) is 3. The van der Waals surface area contributed by atoms with Crippen LogP contribution in [0.25, 0.3) is 0 Å². The third kappa shape index (κ3) is 1.48. The zero-order chi connectivity index (χ0) is 10.3. The van der Waals surface area contributed by atoms with Crippen molar-refractivity contribution >= 4 is 15.5 Å². The van der Waals surface area contributed by atoms with Crippen molar-refractivity contribution in [2.75, 3.05) is 5.73 Å². The van der Waals surface area contributed by atoms with Gasteiger partial charge in [-0.3, -0.25) is 0 Å². The van der Waals surface area contributed by atoms with E-state index in [0.717, 1.165) is 6.07 Å². The molecule has 5 heteroatoms. The van der Waals surface area contributed by atoms with Gasteiger partial charge in [-0.25, -0.2) is 12.8 Å². The number of benzene rings is 1. The van der Waals surface area contributed by atoms with Crippen molar-refractivity contribution in [1.82, 2.24) is 0 Å². The molecule has 76 valence electrons. The summed E-state index contributed by atoms with van der Waals surface area (Å²) in [6.45, 7) is 0. The lowest BCUT2D eigenvalue weighted by atomic mass is 10.3. The standard InChI is InChI=1S/C9H10FNO2S/c10-8-5-7(3-4-9(8)11)14(12,13)6-1-2-6/h3-6H,1-2,11H2. The molecule has 0 unspecified atom stereocenters. The average molecular weight is 215 g/mol. The Morgan fingerprint density at radius 3 is 2.50 bits per heavy atom. The van der Waals surface area contributed by atoms with Crippen LogP contribution >= 0.6 is 0 Å². The molecule has 1 aromatic carbocycles. The molecule has 2 rings (SSSR count). The number of hydrogen-bond donors (Lipinski definition) is 1. The van der Waals surface area contributed by atoms with Gasteiger partial charge in [0.05, 0.1) is 15.8 Å². The molecule has 0 aliphatic heterocycles. The molecule has 1 aliphatic rings. The number of nitrogens with two attached hydrogens (primary N) is 1. The smallest absolute Gasteiger partial charge is 0.181 e. The first-order valence-electron chi connectivity index (χ1n) is 4.31. The van der Waals surface area contributed by atoms with E-state index in [1.807, 2.05) is 0 Å². The molecule has 3 nitrogen and oxygen atoms in total. The van der Waals surface area contributed by atoms with Crippen molar-refractivity contribution in [2.24, 2.45) is 0 Å². The lowest BCUT2D eigenvalue weighted by Gasteiger charge is -2.03. The maximum Gasteiger partial charge on any atom is 0.181 e. The zero-order valence-corrected chi connectivity index (χ0v) is 8.22. The van der Waals surface area contributed by atoms with E-state index in [1.54, 1.807) is 0 Å². The monoisotopic (exact) mass is 215 g/mol. The molecule has 1 aliphatic carbocycles. The van der Waals surface area contributed by atoms with Gasteiger partial charge < -0.3 is 5.73 Å². The molecule has 0 spiro atoms. The van der Waals surface area contributed by atoms with Crippen molar-refractivity contribution in [3.8, 4) is 0 Å². The minimum Gasteiger partial charge on any atom is -0.396 e. The van der Waals surface area contributed by atoms with E-state index in [-0.39, 0.29) is 15.8 Å². The van der Waals surface area contributed by atoms with Crippen molar-refractivity contribution in [3.05, 3.63) is 24.0 Å². The second kappa shape index (κ2) is 2.95. The Balaban J connectivity index is 2.46. The maximum atomic E-state index is 13.0. The van der Waals surface area contributed by atoms with Crippen molar-refractivity contribution < 1.29 is 12.8 Å². The lowest BCUT2D eigenvalue weighted by molar-refractivity contribution is 0.590. The fourth-order valence-corrected chi connectivity index (χ4v) is 2.92. The fourth-order valence-electron chi connectivity index (χ4n) is 1.26. The minimum absolute atomic E-state index is 0.0280. The largest absolute Gasteiger partial charge is 0.396 e. The molecular weight excluding hydrogens is 205 g/mol. The summed E-state index contributed by atoms with van der Waals surface area (Å²) in [6, 6.07) is 3.62. The highest BCUT2D eigenvalue weighted by Gasteiger charge is 2.37. The Morgan fingerprint density at radius 2 is 2.00 bits per heavy atom. The van der Waals surface area contributed by atoms with Crippen molar-refractivity contribution in [2.45, 2.75) is 23.0 Å². The second-order valence-electron chi connectivity index (χ2n) is 3.43. The molecule has 0 atom stereocenters. The van der Waals surface area contributed by atoms with Gasteiger partial charge >= 0.3 is 0 Å². The normalized spacial score (nSPS) is 16.9. The lowest BCUT2D eigenvalue weighted by Crippen LogP contribution is -2.07. The Kier molecular flexibility index (Phi) is 1.99. The van der Waals surface area contributed by atoms with Gasteiger partial charge in [-0.05, 0) is 31.0 Å². The van der Waals surface area contributed by atoms with Crippen LogP contribution in [-0.4, -0.2) is 13.7 Å². The summed E-state index contributed by atoms with van der Waals surface area (Å²) in [5.74, 6) is -0.674. The Bertz CT molecular complexity index is 466. The molecule has 1 aromatic rings. The number of anilines is 1. The van der Waals surface area contributed by atoms with Gasteiger partial charge in [0.1, 0.15) is 5.82 Å². The van der Waals surface area contributed by atoms with Gasteiger partial charge in [-0.2, -0.15) is 0 Å². The first kappa shape index (κ1) is 9.45. The van der Waals surface area contributed by atoms with Gasteiger partial charge in [0.25, 0.3) is 0 Å². The summed E-state index contributed by atoms with van der Waals surface area (Å²) in [5, 5.41) is -0.314. The zero-order valence-electron chi connectivity index (χ0n) is 7.40. The van der Waals surface area contributed by atoms with Gasteiger partial charge in [0, 0.05) is 0 Å². The highest BCUT2D eigenvalue weighted by atomic mass is 32.2. The molecule has 1 saturated carbocycles. The molecule has 0 saturated heterocycles. The van der Waals surface area contributed by atoms with Crippen LogP contribution in [0.1, 0.15) is 12.8 Å². The fraction of sp³-hybridized carbons (Fsp3) is 0.333. The SMILES string of the molecule is Nc1ccc(S(=O)(=O)C2CC2)cc1F. The van der Waals surface area contributed by atoms with Gasteiger partial charge in [0.15, 0.2) is 9.84 Å². The van der Waals surface area contributed by atoms with E-state index in [4.69, 9.17) is 5.73 Å². The molecule has 0 bridgehead atoms. The molecule has 0 radical (unpaired) electrons. The van der Waals surface area contributed by atoms with Crippen LogP contribution in [0.3, 0.4) is 0 Å². The van der Waals surface area contributed by atoms with E-state index in [9.17, 15) is 12.8 Å². The van der Waals surface area contributed by atoms with Gasteiger partial charge in [-0.15, -0.1) is 0 Å². The van der Waals surface area contributed by atoms with Crippen LogP contribution in [0.5, 0.6) is 0 Å². The summed E-state index contributed by atoms with van der Waals surface area (Å²) in [7, 11) is -3.30. The van der Waals surface area contributed by atoms with E-state index in [2.05, 4.69) is 0 Å². The van der Waals surface area contributed by atoms with Crippen LogP contribution in [0.2, 0.25) is 0 Å². The molecule has 14 heavy (non-hydrogen) atoms. The first-order valence-corrected chi connectivity index (χ1v) is 5.85. The van der Waals surface area contributed by atoms with Crippen LogP contribution < -0.4 is 5.73 Å². The van der Waals surface area contributed by atoms with Gasteiger partial charge in [0.2, 0.25) is 0 Å². The summed E-state index contributed by atoms with van der Waals surface area (Å²) in [4.78, 5) is 0.0340. The van der Waals surface area contributed by atoms with Crippen LogP contribution in [0, 0.1) is 5.82 Å². The summed E-state index contributed by atoms with van der Waals surface area (Å²) in [5.41, 5.74) is 5.23. The van der Waals surface area contributed by atoms with Crippen LogP contribution in [0.4, 0.5) is 10.1 Å². The molecule has 0 aromatic heterocycles. The van der Waals surface area contributed by atoms with E-state index in [1.165, 1.54) is 12.1 Å². The number of rotatable bonds is 2. The number of halogens is 1. The average Bonchev–Trinajstić information content (AvgIpc) is 2.92. The third-order valence-electron chi connectivity index (χ3n) is 2.26. The number of nitrogen functional groups attached to an aromatic ring is 1. The summed E-state index contributed by atoms with van der Waals surface area (Å²) < 4.78 is 36.3. The highest BCUT2D eigenvalue weighted by Crippen LogP contribution is 2.34. The summed E-state index contributed by atoms with van der Waals surface area (Å²) in [6.07, 6.45) is 1.35. The maximum absolute atomic E-state index is 13.0. The second-order valence-corrected chi connectivity index (χ2v) is 5.66. The van der Waals surface area contributed by atoms with Crippen LogP contribution in [0.15, 0.2) is 23.1 Å². The predicted molar refractivity (Wildman–Crippen MR) is 51.0 cm³/mol. The van der Waals surface area contributed by atoms with Crippen molar-refractivity contribution in [3.63, 3.8) is 0 Å². The highest BCUT2D eigenvalue weighted by molar-refractivity contribution is 7.92. The van der Waals surface area contributed by atoms with Gasteiger partial charge in [-0.1, -0.05) is 0 Å². The Hall–Kier alpha value is -1.10. The predicted octanol–water partition coefficient (Wildman–Crippen LogP) is 1.34. The molecule has 0 amide bonds. The van der Waals surface area contributed by atoms with E-state index < -0.39 is 15.7 Å². The first-order chi connectivity index (χ1) is 6.51. The van der Waals surface area contributed by atoms with Crippen molar-refractivity contribution in [1.29, 1.82) is 0 Å². The summed E-state index contributed by atoms with van der Waals surface area (Å²) >= 11 is 0. The van der Waals surface area contributed by atoms with E-state index >= 15 is 0 Å². The third-order valence-corrected chi connectivity index (χ3v) is 4.52. The number of sulfone groups is 1. The Morgan fingerprint density at radius 1 is 1.36 bits per heavy atom. The topological polar surface area (TPSA) is 60.2 Å². The minimum atomic E-state index is -3.30. The molecular formula is C9H10FNO2S.